The van der Waals surface area contributed by atoms with E-state index in [0.29, 0.717) is 6.54 Å². The van der Waals surface area contributed by atoms with Crippen LogP contribution in [0.5, 0.6) is 0 Å². The Hall–Kier alpha value is -1.00. The summed E-state index contributed by atoms with van der Waals surface area (Å²) >= 11 is 0. The van der Waals surface area contributed by atoms with Crippen molar-refractivity contribution < 1.29 is 8.78 Å². The van der Waals surface area contributed by atoms with Gasteiger partial charge >= 0.3 is 0 Å². The van der Waals surface area contributed by atoms with E-state index in [1.165, 1.54) is 12.1 Å². The lowest BCUT2D eigenvalue weighted by Crippen LogP contribution is -2.46. The Kier molecular flexibility index (Phi) is 5.23. The molecule has 0 spiro atoms. The van der Waals surface area contributed by atoms with Crippen LogP contribution >= 0.6 is 0 Å². The highest BCUT2D eigenvalue weighted by Crippen LogP contribution is 2.18. The molecular formula is C14H22F2N2. The van der Waals surface area contributed by atoms with Crippen molar-refractivity contribution in [3.63, 3.8) is 0 Å². The zero-order valence-corrected chi connectivity index (χ0v) is 11.5. The molecule has 0 bridgehead atoms. The first-order chi connectivity index (χ1) is 8.33. The van der Waals surface area contributed by atoms with E-state index in [9.17, 15) is 8.78 Å². The molecule has 0 atom stereocenters. The predicted molar refractivity (Wildman–Crippen MR) is 70.9 cm³/mol. The molecule has 1 aromatic carbocycles. The average molecular weight is 256 g/mol. The summed E-state index contributed by atoms with van der Waals surface area (Å²) in [4.78, 5) is 2.15. The normalized spacial score (nSPS) is 12.4. The molecule has 0 aliphatic carbocycles. The van der Waals surface area contributed by atoms with Gasteiger partial charge in [-0.25, -0.2) is 8.78 Å². The number of rotatable bonds is 6. The molecule has 4 heteroatoms. The van der Waals surface area contributed by atoms with Gasteiger partial charge in [-0.2, -0.15) is 0 Å². The topological polar surface area (TPSA) is 15.3 Å². The Morgan fingerprint density at radius 3 is 2.17 bits per heavy atom. The molecule has 1 N–H and O–H groups in total. The van der Waals surface area contributed by atoms with Gasteiger partial charge in [-0.1, -0.05) is 24.3 Å². The van der Waals surface area contributed by atoms with Crippen molar-refractivity contribution in [2.24, 2.45) is 0 Å². The molecule has 18 heavy (non-hydrogen) atoms. The zero-order valence-electron chi connectivity index (χ0n) is 11.5. The Morgan fingerprint density at radius 2 is 1.72 bits per heavy atom. The number of nitrogens with one attached hydrogen (secondary N) is 1. The first-order valence-corrected chi connectivity index (χ1v) is 6.08. The summed E-state index contributed by atoms with van der Waals surface area (Å²) in [5, 5.41) is 3.34. The van der Waals surface area contributed by atoms with Crippen LogP contribution in [0.3, 0.4) is 0 Å². The summed E-state index contributed by atoms with van der Waals surface area (Å²) in [5.74, 6) is 0. The van der Waals surface area contributed by atoms with Crippen LogP contribution in [-0.2, 0) is 6.54 Å². The summed E-state index contributed by atoms with van der Waals surface area (Å²) in [6.07, 6.45) is -2.39. The van der Waals surface area contributed by atoms with Crippen molar-refractivity contribution >= 4 is 0 Å². The molecule has 0 heterocycles. The van der Waals surface area contributed by atoms with E-state index in [1.54, 1.807) is 12.1 Å². The lowest BCUT2D eigenvalue weighted by Gasteiger charge is -2.32. The van der Waals surface area contributed by atoms with Gasteiger partial charge in [-0.3, -0.25) is 0 Å². The van der Waals surface area contributed by atoms with Crippen LogP contribution in [0.25, 0.3) is 0 Å². The Bertz CT molecular complexity index is 359. The molecule has 0 radical (unpaired) electrons. The molecule has 0 unspecified atom stereocenters. The van der Waals surface area contributed by atoms with E-state index in [-0.39, 0.29) is 11.1 Å². The smallest absolute Gasteiger partial charge is 0.263 e. The van der Waals surface area contributed by atoms with Crippen molar-refractivity contribution in [3.05, 3.63) is 35.4 Å². The monoisotopic (exact) mass is 256 g/mol. The third-order valence-electron chi connectivity index (χ3n) is 3.33. The van der Waals surface area contributed by atoms with Gasteiger partial charge < -0.3 is 10.2 Å². The van der Waals surface area contributed by atoms with E-state index < -0.39 is 6.43 Å². The highest BCUT2D eigenvalue weighted by atomic mass is 19.3. The van der Waals surface area contributed by atoms with E-state index in [2.05, 4.69) is 24.1 Å². The molecule has 0 aromatic heterocycles. The van der Waals surface area contributed by atoms with Gasteiger partial charge in [-0.15, -0.1) is 0 Å². The van der Waals surface area contributed by atoms with Gasteiger partial charge in [0.25, 0.3) is 6.43 Å². The average Bonchev–Trinajstić information content (AvgIpc) is 2.29. The first-order valence-electron chi connectivity index (χ1n) is 6.08. The minimum atomic E-state index is -2.39. The van der Waals surface area contributed by atoms with E-state index in [4.69, 9.17) is 0 Å². The number of nitrogens with zero attached hydrogens (tertiary/aromatic N) is 1. The predicted octanol–water partition coefficient (Wildman–Crippen LogP) is 3.05. The zero-order chi connectivity index (χ0) is 13.8. The maximum Gasteiger partial charge on any atom is 0.263 e. The van der Waals surface area contributed by atoms with Crippen molar-refractivity contribution in [1.82, 2.24) is 10.2 Å². The van der Waals surface area contributed by atoms with Crippen LogP contribution in [0.1, 0.15) is 31.4 Å². The number of likely N-dealkylation sites (N-methyl/N-ethyl adjacent to an activating group) is 1. The molecule has 1 aromatic rings. The molecule has 0 aliphatic heterocycles. The van der Waals surface area contributed by atoms with Crippen LogP contribution in [0.4, 0.5) is 8.78 Å². The van der Waals surface area contributed by atoms with Crippen molar-refractivity contribution in [2.45, 2.75) is 32.4 Å². The maximum atomic E-state index is 12.4. The molecule has 2 nitrogen and oxygen atoms in total. The fourth-order valence-electron chi connectivity index (χ4n) is 1.45. The van der Waals surface area contributed by atoms with Gasteiger partial charge in [0.15, 0.2) is 0 Å². The van der Waals surface area contributed by atoms with Gasteiger partial charge in [0.05, 0.1) is 0 Å². The second-order valence-electron chi connectivity index (χ2n) is 5.35. The first kappa shape index (κ1) is 15.1. The van der Waals surface area contributed by atoms with Crippen LogP contribution in [0, 0.1) is 0 Å². The lowest BCUT2D eigenvalue weighted by molar-refractivity contribution is 0.151. The van der Waals surface area contributed by atoms with Gasteiger partial charge in [0.1, 0.15) is 0 Å². The summed E-state index contributed by atoms with van der Waals surface area (Å²) < 4.78 is 24.7. The highest BCUT2D eigenvalue weighted by Gasteiger charge is 2.19. The second kappa shape index (κ2) is 6.25. The third kappa shape index (κ3) is 4.35. The number of alkyl halides is 2. The molecule has 0 fully saturated rings. The summed E-state index contributed by atoms with van der Waals surface area (Å²) in [6, 6.07) is 6.46. The van der Waals surface area contributed by atoms with E-state index >= 15 is 0 Å². The SMILES string of the molecule is CN(C)C(C)(C)CNCc1ccc(C(F)F)cc1. The van der Waals surface area contributed by atoms with Gasteiger partial charge in [-0.05, 0) is 33.5 Å². The summed E-state index contributed by atoms with van der Waals surface area (Å²) in [5.41, 5.74) is 1.17. The van der Waals surface area contributed by atoms with Gasteiger partial charge in [0, 0.05) is 24.2 Å². The van der Waals surface area contributed by atoms with Crippen molar-refractivity contribution in [3.8, 4) is 0 Å². The molecule has 0 aliphatic rings. The molecule has 0 saturated heterocycles. The summed E-state index contributed by atoms with van der Waals surface area (Å²) in [7, 11) is 4.08. The summed E-state index contributed by atoms with van der Waals surface area (Å²) in [6.45, 7) is 5.84. The standard InChI is InChI=1S/C14H22F2N2/c1-14(2,18(3)4)10-17-9-11-5-7-12(8-6-11)13(15)16/h5-8,13,17H,9-10H2,1-4H3. The molecule has 0 amide bonds. The van der Waals surface area contributed by atoms with Crippen molar-refractivity contribution in [1.29, 1.82) is 0 Å². The maximum absolute atomic E-state index is 12.4. The Labute approximate surface area is 108 Å². The van der Waals surface area contributed by atoms with Gasteiger partial charge in [0.2, 0.25) is 0 Å². The lowest BCUT2D eigenvalue weighted by atomic mass is 10.0. The number of benzene rings is 1. The largest absolute Gasteiger partial charge is 0.311 e. The van der Waals surface area contributed by atoms with Crippen LogP contribution in [0.2, 0.25) is 0 Å². The third-order valence-corrected chi connectivity index (χ3v) is 3.33. The number of halogens is 2. The quantitative estimate of drug-likeness (QED) is 0.841. The molecule has 102 valence electrons. The fraction of sp³-hybridized carbons (Fsp3) is 0.571. The van der Waals surface area contributed by atoms with Crippen LogP contribution in [-0.4, -0.2) is 31.1 Å². The molecular weight excluding hydrogens is 234 g/mol. The highest BCUT2D eigenvalue weighted by molar-refractivity contribution is 5.23. The van der Waals surface area contributed by atoms with E-state index in [1.807, 2.05) is 14.1 Å². The van der Waals surface area contributed by atoms with E-state index in [0.717, 1.165) is 12.1 Å². The van der Waals surface area contributed by atoms with Crippen LogP contribution < -0.4 is 5.32 Å². The second-order valence-corrected chi connectivity index (χ2v) is 5.35. The Morgan fingerprint density at radius 1 is 1.17 bits per heavy atom. The van der Waals surface area contributed by atoms with Crippen molar-refractivity contribution in [2.75, 3.05) is 20.6 Å². The minimum absolute atomic E-state index is 0.0723. The number of hydrogen-bond acceptors (Lipinski definition) is 2. The number of hydrogen-bond donors (Lipinski definition) is 1. The minimum Gasteiger partial charge on any atom is -0.311 e. The van der Waals surface area contributed by atoms with Crippen LogP contribution in [0.15, 0.2) is 24.3 Å². The molecule has 0 saturated carbocycles. The Balaban J connectivity index is 2.45. The fourth-order valence-corrected chi connectivity index (χ4v) is 1.45. The molecule has 1 rings (SSSR count).